The molecule has 24 heavy (non-hydrogen) atoms. The van der Waals surface area contributed by atoms with Crippen molar-refractivity contribution in [1.82, 2.24) is 5.32 Å². The number of hydrogen-bond acceptors (Lipinski definition) is 5. The molecule has 1 aliphatic rings. The van der Waals surface area contributed by atoms with Gasteiger partial charge in [0.1, 0.15) is 11.5 Å². The van der Waals surface area contributed by atoms with Crippen LogP contribution in [0.1, 0.15) is 11.1 Å². The van der Waals surface area contributed by atoms with Crippen LogP contribution >= 0.6 is 12.6 Å². The SMILES string of the molecule is Sc1ccc(OC2=C(c3ccoc3)C=C(c3ccoc3)NC2)cc1. The van der Waals surface area contributed by atoms with Gasteiger partial charge in [0, 0.05) is 27.3 Å². The van der Waals surface area contributed by atoms with Gasteiger partial charge in [0.15, 0.2) is 0 Å². The van der Waals surface area contributed by atoms with Crippen LogP contribution in [-0.4, -0.2) is 6.54 Å². The van der Waals surface area contributed by atoms with Crippen molar-refractivity contribution in [3.05, 3.63) is 84.4 Å². The topological polar surface area (TPSA) is 47.5 Å². The molecule has 0 unspecified atom stereocenters. The second kappa shape index (κ2) is 6.37. The number of rotatable bonds is 4. The van der Waals surface area contributed by atoms with Crippen LogP contribution in [0.25, 0.3) is 11.3 Å². The fourth-order valence-electron chi connectivity index (χ4n) is 2.56. The van der Waals surface area contributed by atoms with E-state index in [9.17, 15) is 0 Å². The number of furan rings is 2. The summed E-state index contributed by atoms with van der Waals surface area (Å²) in [7, 11) is 0. The van der Waals surface area contributed by atoms with Crippen LogP contribution in [0.15, 0.2) is 87.0 Å². The molecule has 0 fully saturated rings. The van der Waals surface area contributed by atoms with Gasteiger partial charge in [-0.25, -0.2) is 0 Å². The number of dihydropyridines is 1. The summed E-state index contributed by atoms with van der Waals surface area (Å²) in [5.41, 5.74) is 3.93. The van der Waals surface area contributed by atoms with Crippen LogP contribution in [0.2, 0.25) is 0 Å². The van der Waals surface area contributed by atoms with Crippen molar-refractivity contribution in [2.24, 2.45) is 0 Å². The Morgan fingerprint density at radius 2 is 1.62 bits per heavy atom. The minimum atomic E-state index is 0.570. The minimum absolute atomic E-state index is 0.570. The molecule has 0 amide bonds. The van der Waals surface area contributed by atoms with E-state index in [2.05, 4.69) is 17.9 Å². The summed E-state index contributed by atoms with van der Waals surface area (Å²) in [6, 6.07) is 11.4. The van der Waals surface area contributed by atoms with Crippen molar-refractivity contribution in [2.45, 2.75) is 4.90 Å². The maximum atomic E-state index is 6.09. The molecule has 120 valence electrons. The van der Waals surface area contributed by atoms with E-state index in [0.29, 0.717) is 6.54 Å². The van der Waals surface area contributed by atoms with Crippen LogP contribution in [0.4, 0.5) is 0 Å². The fourth-order valence-corrected chi connectivity index (χ4v) is 2.71. The molecule has 1 aromatic carbocycles. The summed E-state index contributed by atoms with van der Waals surface area (Å²) in [6.07, 6.45) is 8.78. The molecule has 0 radical (unpaired) electrons. The lowest BCUT2D eigenvalue weighted by atomic mass is 10.0. The zero-order chi connectivity index (χ0) is 16.4. The van der Waals surface area contributed by atoms with Gasteiger partial charge in [-0.15, -0.1) is 12.6 Å². The van der Waals surface area contributed by atoms with Crippen LogP contribution in [0.3, 0.4) is 0 Å². The molecule has 2 aromatic heterocycles. The summed E-state index contributed by atoms with van der Waals surface area (Å²) >= 11 is 4.30. The smallest absolute Gasteiger partial charge is 0.131 e. The standard InChI is InChI=1S/C19H15NO3S/c24-16-3-1-15(2-4-16)23-19-10-20-18(14-6-8-22-12-14)9-17(19)13-5-7-21-11-13/h1-9,11-12,20,24H,10H2. The molecule has 0 spiro atoms. The van der Waals surface area contributed by atoms with Gasteiger partial charge in [-0.1, -0.05) is 0 Å². The highest BCUT2D eigenvalue weighted by Gasteiger charge is 2.18. The molecular weight excluding hydrogens is 322 g/mol. The third kappa shape index (κ3) is 2.98. The number of hydrogen-bond donors (Lipinski definition) is 2. The highest BCUT2D eigenvalue weighted by atomic mass is 32.1. The lowest BCUT2D eigenvalue weighted by Crippen LogP contribution is -2.23. The highest BCUT2D eigenvalue weighted by Crippen LogP contribution is 2.30. The molecule has 5 heteroatoms. The molecule has 0 aliphatic carbocycles. The monoisotopic (exact) mass is 337 g/mol. The summed E-state index contributed by atoms with van der Waals surface area (Å²) in [6.45, 7) is 0.570. The quantitative estimate of drug-likeness (QED) is 0.683. The molecule has 0 saturated carbocycles. The predicted molar refractivity (Wildman–Crippen MR) is 94.6 cm³/mol. The summed E-state index contributed by atoms with van der Waals surface area (Å²) in [5.74, 6) is 1.60. The minimum Gasteiger partial charge on any atom is -0.472 e. The Morgan fingerprint density at radius 1 is 0.917 bits per heavy atom. The number of benzene rings is 1. The highest BCUT2D eigenvalue weighted by molar-refractivity contribution is 7.80. The van der Waals surface area contributed by atoms with Gasteiger partial charge in [-0.3, -0.25) is 0 Å². The van der Waals surface area contributed by atoms with Crippen molar-refractivity contribution in [3.63, 3.8) is 0 Å². The Hall–Kier alpha value is -2.79. The van der Waals surface area contributed by atoms with Gasteiger partial charge in [-0.05, 0) is 42.5 Å². The Balaban J connectivity index is 1.73. The molecule has 0 saturated heterocycles. The average molecular weight is 337 g/mol. The van der Waals surface area contributed by atoms with E-state index in [4.69, 9.17) is 13.6 Å². The zero-order valence-corrected chi connectivity index (χ0v) is 13.6. The van der Waals surface area contributed by atoms with Crippen LogP contribution in [0.5, 0.6) is 5.75 Å². The lowest BCUT2D eigenvalue weighted by Gasteiger charge is -2.21. The van der Waals surface area contributed by atoms with Crippen LogP contribution < -0.4 is 10.1 Å². The van der Waals surface area contributed by atoms with Crippen molar-refractivity contribution in [2.75, 3.05) is 6.54 Å². The van der Waals surface area contributed by atoms with Gasteiger partial charge >= 0.3 is 0 Å². The van der Waals surface area contributed by atoms with E-state index >= 15 is 0 Å². The molecule has 0 bridgehead atoms. The second-order valence-corrected chi connectivity index (χ2v) is 5.88. The Morgan fingerprint density at radius 3 is 2.29 bits per heavy atom. The van der Waals surface area contributed by atoms with E-state index in [0.717, 1.165) is 38.8 Å². The Kier molecular flexibility index (Phi) is 3.92. The first-order valence-electron chi connectivity index (χ1n) is 7.50. The average Bonchev–Trinajstić information content (AvgIpc) is 3.31. The predicted octanol–water partition coefficient (Wildman–Crippen LogP) is 4.60. The van der Waals surface area contributed by atoms with Crippen LogP contribution in [-0.2, 0) is 0 Å². The molecule has 3 heterocycles. The van der Waals surface area contributed by atoms with Crippen LogP contribution in [0, 0.1) is 0 Å². The summed E-state index contributed by atoms with van der Waals surface area (Å²) < 4.78 is 16.5. The Labute approximate surface area is 144 Å². The first-order valence-corrected chi connectivity index (χ1v) is 7.95. The third-order valence-corrected chi connectivity index (χ3v) is 4.07. The second-order valence-electron chi connectivity index (χ2n) is 5.37. The summed E-state index contributed by atoms with van der Waals surface area (Å²) in [5, 5.41) is 3.37. The van der Waals surface area contributed by atoms with Gasteiger partial charge in [0.25, 0.3) is 0 Å². The first kappa shape index (κ1) is 14.8. The molecule has 1 aliphatic heterocycles. The molecule has 1 N–H and O–H groups in total. The van der Waals surface area contributed by atoms with Gasteiger partial charge in [-0.2, -0.15) is 0 Å². The Bertz CT molecular complexity index is 875. The zero-order valence-electron chi connectivity index (χ0n) is 12.7. The largest absolute Gasteiger partial charge is 0.472 e. The van der Waals surface area contributed by atoms with E-state index in [1.165, 1.54) is 0 Å². The maximum absolute atomic E-state index is 6.09. The van der Waals surface area contributed by atoms with Gasteiger partial charge in [0.05, 0.1) is 31.6 Å². The number of allylic oxidation sites excluding steroid dienone is 2. The fraction of sp³-hybridized carbons (Fsp3) is 0.0526. The molecule has 3 aromatic rings. The maximum Gasteiger partial charge on any atom is 0.131 e. The van der Waals surface area contributed by atoms with Crippen molar-refractivity contribution >= 4 is 23.9 Å². The number of thiol groups is 1. The number of nitrogens with one attached hydrogen (secondary N) is 1. The van der Waals surface area contributed by atoms with E-state index in [-0.39, 0.29) is 0 Å². The third-order valence-electron chi connectivity index (χ3n) is 3.77. The van der Waals surface area contributed by atoms with Gasteiger partial charge in [0.2, 0.25) is 0 Å². The van der Waals surface area contributed by atoms with E-state index in [1.54, 1.807) is 25.1 Å². The first-order chi connectivity index (χ1) is 11.8. The normalized spacial score (nSPS) is 14.3. The van der Waals surface area contributed by atoms with Gasteiger partial charge < -0.3 is 18.9 Å². The van der Waals surface area contributed by atoms with Crippen molar-refractivity contribution < 1.29 is 13.6 Å². The molecular formula is C19H15NO3S. The summed E-state index contributed by atoms with van der Waals surface area (Å²) in [4.78, 5) is 0.898. The van der Waals surface area contributed by atoms with E-state index < -0.39 is 0 Å². The lowest BCUT2D eigenvalue weighted by molar-refractivity contribution is 0.412. The van der Waals surface area contributed by atoms with Crippen molar-refractivity contribution in [3.8, 4) is 5.75 Å². The number of ether oxygens (including phenoxy) is 1. The molecule has 4 rings (SSSR count). The molecule has 4 nitrogen and oxygen atoms in total. The van der Waals surface area contributed by atoms with E-state index in [1.807, 2.05) is 42.5 Å². The molecule has 0 atom stereocenters. The van der Waals surface area contributed by atoms with Crippen molar-refractivity contribution in [1.29, 1.82) is 0 Å².